The summed E-state index contributed by atoms with van der Waals surface area (Å²) in [5, 5.41) is 31.5. The molecule has 12 heteroatoms. The Morgan fingerprint density at radius 3 is 1.29 bits per heavy atom. The van der Waals surface area contributed by atoms with Crippen LogP contribution in [0.25, 0.3) is 0 Å². The Kier molecular flexibility index (Phi) is 47.6. The molecule has 436 valence electrons. The topological polar surface area (TPSA) is 175 Å². The number of carboxylic acid groups (broad SMARTS) is 1. The highest BCUT2D eigenvalue weighted by molar-refractivity contribution is 5.74. The van der Waals surface area contributed by atoms with Crippen molar-refractivity contribution in [3.05, 3.63) is 109 Å². The van der Waals surface area contributed by atoms with Gasteiger partial charge in [0.2, 0.25) is 0 Å². The third kappa shape index (κ3) is 42.1. The van der Waals surface area contributed by atoms with Crippen LogP contribution in [0.2, 0.25) is 0 Å². The van der Waals surface area contributed by atoms with Crippen LogP contribution in [0.5, 0.6) is 0 Å². The summed E-state index contributed by atoms with van der Waals surface area (Å²) in [5.41, 5.74) is 0. The molecule has 3 N–H and O–H groups in total. The van der Waals surface area contributed by atoms with Crippen LogP contribution >= 0.6 is 0 Å². The first-order valence-electron chi connectivity index (χ1n) is 29.9. The van der Waals surface area contributed by atoms with E-state index in [1.165, 1.54) is 57.8 Å². The Morgan fingerprint density at radius 1 is 0.442 bits per heavy atom. The Morgan fingerprint density at radius 2 is 0.818 bits per heavy atom. The smallest absolute Gasteiger partial charge is 0.335 e. The molecule has 77 heavy (non-hydrogen) atoms. The zero-order valence-electron chi connectivity index (χ0n) is 47.9. The number of hydrogen-bond acceptors (Lipinski definition) is 11. The third-order valence-corrected chi connectivity index (χ3v) is 12.8. The molecule has 6 unspecified atom stereocenters. The maximum Gasteiger partial charge on any atom is 0.335 e. The highest BCUT2D eigenvalue weighted by atomic mass is 16.7. The largest absolute Gasteiger partial charge is 0.479 e. The number of hydrogen-bond donors (Lipinski definition) is 3. The molecule has 0 aromatic carbocycles. The number of carbonyl (C=O) groups is 4. The number of carboxylic acids is 1. The molecule has 0 radical (unpaired) electrons. The molecule has 0 aliphatic carbocycles. The highest BCUT2D eigenvalue weighted by Gasteiger charge is 2.50. The molecular formula is C65H104O12. The summed E-state index contributed by atoms with van der Waals surface area (Å²) in [5.74, 6) is -3.23. The van der Waals surface area contributed by atoms with Gasteiger partial charge in [-0.1, -0.05) is 194 Å². The molecule has 0 aromatic rings. The third-order valence-electron chi connectivity index (χ3n) is 12.8. The van der Waals surface area contributed by atoms with Crippen molar-refractivity contribution in [3.8, 4) is 0 Å². The SMILES string of the molecule is CC/C=C\C/C=C\C/C=C\C/C=C\CCCCC(=O)OC1C(OCC(COC(=O)CCCCCCCCCCC/C=C\C/C=C\CCCCC)OC(=O)CCCCC/C=C\C/C=C\C/C=C\CC)OC(C(=O)O)C(O)C1O. The lowest BCUT2D eigenvalue weighted by molar-refractivity contribution is -0.301. The molecular weight excluding hydrogens is 973 g/mol. The lowest BCUT2D eigenvalue weighted by Crippen LogP contribution is -2.61. The highest BCUT2D eigenvalue weighted by Crippen LogP contribution is 2.26. The summed E-state index contributed by atoms with van der Waals surface area (Å²) in [4.78, 5) is 51.1. The number of aliphatic hydroxyl groups excluding tert-OH is 2. The molecule has 1 aliphatic rings. The van der Waals surface area contributed by atoms with Crippen molar-refractivity contribution < 1.29 is 58.2 Å². The van der Waals surface area contributed by atoms with Gasteiger partial charge in [0.25, 0.3) is 0 Å². The van der Waals surface area contributed by atoms with E-state index in [0.29, 0.717) is 25.7 Å². The van der Waals surface area contributed by atoms with Gasteiger partial charge in [-0.2, -0.15) is 0 Å². The molecule has 1 rings (SSSR count). The quantitative estimate of drug-likeness (QED) is 0.0228. The molecule has 1 saturated heterocycles. The van der Waals surface area contributed by atoms with E-state index in [4.69, 9.17) is 23.7 Å². The maximum absolute atomic E-state index is 13.1. The molecule has 0 amide bonds. The number of allylic oxidation sites excluding steroid dienone is 18. The molecule has 0 aromatic heterocycles. The van der Waals surface area contributed by atoms with Crippen molar-refractivity contribution in [3.63, 3.8) is 0 Å². The van der Waals surface area contributed by atoms with Crippen LogP contribution in [0.15, 0.2) is 109 Å². The lowest BCUT2D eigenvalue weighted by Gasteiger charge is -2.40. The monoisotopic (exact) mass is 1080 g/mol. The van der Waals surface area contributed by atoms with E-state index in [1.54, 1.807) is 0 Å². The van der Waals surface area contributed by atoms with Gasteiger partial charge >= 0.3 is 23.9 Å². The second-order valence-electron chi connectivity index (χ2n) is 19.9. The average Bonchev–Trinajstić information content (AvgIpc) is 3.42. The zero-order chi connectivity index (χ0) is 56.1. The van der Waals surface area contributed by atoms with Gasteiger partial charge in [-0.15, -0.1) is 0 Å². The Labute approximate surface area is 465 Å². The Balaban J connectivity index is 2.71. The molecule has 1 fully saturated rings. The van der Waals surface area contributed by atoms with E-state index in [0.717, 1.165) is 103 Å². The first-order valence-corrected chi connectivity index (χ1v) is 29.9. The van der Waals surface area contributed by atoms with E-state index in [-0.39, 0.29) is 25.9 Å². The van der Waals surface area contributed by atoms with Gasteiger partial charge in [0, 0.05) is 19.3 Å². The first kappa shape index (κ1) is 70.4. The van der Waals surface area contributed by atoms with E-state index < -0.39 is 67.3 Å². The fraction of sp³-hybridized carbons (Fsp3) is 0.662. The van der Waals surface area contributed by atoms with Crippen LogP contribution in [-0.2, 0) is 42.9 Å². The van der Waals surface area contributed by atoms with Crippen LogP contribution in [0.1, 0.15) is 226 Å². The number of aliphatic carboxylic acids is 1. The first-order chi connectivity index (χ1) is 37.6. The van der Waals surface area contributed by atoms with Gasteiger partial charge in [0.1, 0.15) is 18.8 Å². The van der Waals surface area contributed by atoms with Crippen molar-refractivity contribution in [2.45, 2.75) is 263 Å². The molecule has 0 bridgehead atoms. The minimum Gasteiger partial charge on any atom is -0.479 e. The standard InChI is InChI=1S/C65H104O12/c1-4-7-10-13-16-19-22-25-27-28-29-30-32-34-36-39-42-45-48-51-57(66)73-54-56(75-58(67)52-49-46-43-40-37-33-24-21-18-15-12-9-6-3)55-74-65-63(61(70)60(69)62(77-65)64(71)72)76-59(68)53-50-47-44-41-38-35-31-26-23-20-17-14-11-8-5-2/h8-9,11-12,16-21,25-27,31,33,37-38,41,56,60-63,65,69-70H,4-7,10,13-15,22-24,28-30,32,34-36,39-40,42-55H2,1-3H3,(H,71,72)/b11-8-,12-9-,19-16-,20-17-,21-18-,27-25-,31-26-,37-33-,41-38-. The minimum absolute atomic E-state index is 0.000814. The predicted molar refractivity (Wildman–Crippen MR) is 312 cm³/mol. The average molecular weight is 1080 g/mol. The van der Waals surface area contributed by atoms with Crippen molar-refractivity contribution >= 4 is 23.9 Å². The number of carbonyl (C=O) groups excluding carboxylic acids is 3. The van der Waals surface area contributed by atoms with Gasteiger partial charge in [-0.25, -0.2) is 4.79 Å². The van der Waals surface area contributed by atoms with Gasteiger partial charge < -0.3 is 39.0 Å². The van der Waals surface area contributed by atoms with Crippen LogP contribution in [0, 0.1) is 0 Å². The van der Waals surface area contributed by atoms with E-state index in [2.05, 4.69) is 130 Å². The van der Waals surface area contributed by atoms with Gasteiger partial charge in [0.15, 0.2) is 24.6 Å². The molecule has 0 saturated carbocycles. The minimum atomic E-state index is -1.93. The molecule has 1 heterocycles. The predicted octanol–water partition coefficient (Wildman–Crippen LogP) is 15.4. The van der Waals surface area contributed by atoms with Gasteiger partial charge in [-0.05, 0) is 122 Å². The zero-order valence-corrected chi connectivity index (χ0v) is 47.9. The van der Waals surface area contributed by atoms with Gasteiger partial charge in [0.05, 0.1) is 6.61 Å². The van der Waals surface area contributed by atoms with Crippen LogP contribution in [0.3, 0.4) is 0 Å². The summed E-state index contributed by atoms with van der Waals surface area (Å²) >= 11 is 0. The number of aliphatic hydroxyl groups is 2. The second-order valence-corrected chi connectivity index (χ2v) is 19.9. The Hall–Kier alpha value is -4.62. The van der Waals surface area contributed by atoms with Crippen LogP contribution in [0.4, 0.5) is 0 Å². The molecule has 0 spiro atoms. The van der Waals surface area contributed by atoms with Crippen molar-refractivity contribution in [1.29, 1.82) is 0 Å². The van der Waals surface area contributed by atoms with Gasteiger partial charge in [-0.3, -0.25) is 14.4 Å². The molecule has 12 nitrogen and oxygen atoms in total. The summed E-state index contributed by atoms with van der Waals surface area (Å²) < 4.78 is 28.3. The molecule has 1 aliphatic heterocycles. The molecule has 6 atom stereocenters. The van der Waals surface area contributed by atoms with E-state index >= 15 is 0 Å². The van der Waals surface area contributed by atoms with E-state index in [1.807, 2.05) is 0 Å². The fourth-order valence-electron chi connectivity index (χ4n) is 8.28. The summed E-state index contributed by atoms with van der Waals surface area (Å²) in [6.45, 7) is 5.68. The summed E-state index contributed by atoms with van der Waals surface area (Å²) in [7, 11) is 0. The van der Waals surface area contributed by atoms with Crippen LogP contribution in [-0.4, -0.2) is 89.2 Å². The Bertz CT molecular complexity index is 1750. The van der Waals surface area contributed by atoms with Crippen molar-refractivity contribution in [1.82, 2.24) is 0 Å². The number of esters is 3. The van der Waals surface area contributed by atoms with E-state index in [9.17, 15) is 34.5 Å². The number of ether oxygens (including phenoxy) is 5. The number of rotatable bonds is 49. The van der Waals surface area contributed by atoms with Crippen LogP contribution < -0.4 is 0 Å². The van der Waals surface area contributed by atoms with Crippen molar-refractivity contribution in [2.75, 3.05) is 13.2 Å². The maximum atomic E-state index is 13.1. The van der Waals surface area contributed by atoms with Crippen molar-refractivity contribution in [2.24, 2.45) is 0 Å². The second kappa shape index (κ2) is 52.1. The summed E-state index contributed by atoms with van der Waals surface area (Å²) in [6, 6.07) is 0. The fourth-order valence-corrected chi connectivity index (χ4v) is 8.28. The normalized spacial score (nSPS) is 18.8. The summed E-state index contributed by atoms with van der Waals surface area (Å²) in [6.07, 6.45) is 57.8. The number of unbranched alkanes of at least 4 members (excludes halogenated alkanes) is 17. The lowest BCUT2D eigenvalue weighted by atomic mass is 9.98.